The van der Waals surface area contributed by atoms with Gasteiger partial charge in [0.1, 0.15) is 11.6 Å². The lowest BCUT2D eigenvalue weighted by Gasteiger charge is -2.23. The molecule has 0 fully saturated rings. The molecule has 134 valence electrons. The molecule has 0 saturated heterocycles. The van der Waals surface area contributed by atoms with Crippen molar-refractivity contribution in [3.63, 3.8) is 0 Å². The number of aryl methyl sites for hydroxylation is 1. The molecule has 0 N–H and O–H groups in total. The molecule has 1 heterocycles. The lowest BCUT2D eigenvalue weighted by molar-refractivity contribution is 0.203. The fourth-order valence-electron chi connectivity index (χ4n) is 3.41. The predicted octanol–water partition coefficient (Wildman–Crippen LogP) is 3.91. The number of halogens is 1. The van der Waals surface area contributed by atoms with Crippen molar-refractivity contribution < 1.29 is 13.7 Å². The van der Waals surface area contributed by atoms with E-state index in [1.165, 1.54) is 23.3 Å². The van der Waals surface area contributed by atoms with Crippen LogP contribution < -0.4 is 4.74 Å². The molecule has 0 amide bonds. The van der Waals surface area contributed by atoms with E-state index in [2.05, 4.69) is 46.4 Å². The van der Waals surface area contributed by atoms with Gasteiger partial charge in [0.25, 0.3) is 0 Å². The second kappa shape index (κ2) is 7.25. The maximum atomic E-state index is 12.9. The standard InChI is InChI=1S/C20H20FN3O2/c1-24(18-11-6-14-4-2-3-5-17(14)18)12-20-22-19(23-26-20)13-25-16-9-7-15(21)8-10-16/h2-5,7-10,18H,6,11-13H2,1H3. The summed E-state index contributed by atoms with van der Waals surface area (Å²) < 4.78 is 23.8. The summed E-state index contributed by atoms with van der Waals surface area (Å²) in [7, 11) is 2.08. The second-order valence-electron chi connectivity index (χ2n) is 6.52. The molecule has 6 heteroatoms. The van der Waals surface area contributed by atoms with Crippen LogP contribution in [-0.2, 0) is 19.6 Å². The molecule has 0 bridgehead atoms. The van der Waals surface area contributed by atoms with Crippen LogP contribution in [0.5, 0.6) is 5.75 Å². The van der Waals surface area contributed by atoms with Gasteiger partial charge in [0.15, 0.2) is 6.61 Å². The summed E-state index contributed by atoms with van der Waals surface area (Å²) in [6.07, 6.45) is 2.20. The smallest absolute Gasteiger partial charge is 0.240 e. The summed E-state index contributed by atoms with van der Waals surface area (Å²) in [6, 6.07) is 14.8. The molecule has 2 aromatic carbocycles. The van der Waals surface area contributed by atoms with Crippen molar-refractivity contribution in [3.8, 4) is 5.75 Å². The van der Waals surface area contributed by atoms with E-state index in [-0.39, 0.29) is 12.4 Å². The quantitative estimate of drug-likeness (QED) is 0.673. The van der Waals surface area contributed by atoms with Gasteiger partial charge < -0.3 is 9.26 Å². The molecule has 1 atom stereocenters. The zero-order valence-electron chi connectivity index (χ0n) is 14.6. The topological polar surface area (TPSA) is 51.4 Å². The third-order valence-electron chi connectivity index (χ3n) is 4.71. The minimum Gasteiger partial charge on any atom is -0.485 e. The average Bonchev–Trinajstić information content (AvgIpc) is 3.28. The van der Waals surface area contributed by atoms with E-state index in [4.69, 9.17) is 9.26 Å². The Labute approximate surface area is 151 Å². The predicted molar refractivity (Wildman–Crippen MR) is 94.0 cm³/mol. The maximum Gasteiger partial charge on any atom is 0.240 e. The molecular formula is C20H20FN3O2. The van der Waals surface area contributed by atoms with Gasteiger partial charge in [0.2, 0.25) is 11.7 Å². The van der Waals surface area contributed by atoms with Crippen LogP contribution in [0.25, 0.3) is 0 Å². The van der Waals surface area contributed by atoms with Gasteiger partial charge in [0, 0.05) is 6.04 Å². The van der Waals surface area contributed by atoms with Crippen molar-refractivity contribution >= 4 is 0 Å². The van der Waals surface area contributed by atoms with E-state index >= 15 is 0 Å². The van der Waals surface area contributed by atoms with Gasteiger partial charge in [-0.3, -0.25) is 4.90 Å². The van der Waals surface area contributed by atoms with E-state index in [0.717, 1.165) is 12.8 Å². The molecule has 0 aliphatic heterocycles. The molecule has 3 aromatic rings. The van der Waals surface area contributed by atoms with Gasteiger partial charge in [0.05, 0.1) is 6.54 Å². The van der Waals surface area contributed by atoms with Crippen LogP contribution in [0.3, 0.4) is 0 Å². The number of nitrogens with zero attached hydrogens (tertiary/aromatic N) is 3. The fraction of sp³-hybridized carbons (Fsp3) is 0.300. The van der Waals surface area contributed by atoms with Crippen molar-refractivity contribution in [1.82, 2.24) is 15.0 Å². The highest BCUT2D eigenvalue weighted by Gasteiger charge is 2.26. The molecule has 26 heavy (non-hydrogen) atoms. The summed E-state index contributed by atoms with van der Waals surface area (Å²) in [5.74, 6) is 1.31. The van der Waals surface area contributed by atoms with Gasteiger partial charge in [-0.1, -0.05) is 29.4 Å². The fourth-order valence-corrected chi connectivity index (χ4v) is 3.41. The number of aromatic nitrogens is 2. The Kier molecular flexibility index (Phi) is 4.67. The SMILES string of the molecule is CN(Cc1nc(COc2ccc(F)cc2)no1)C1CCc2ccccc21. The Balaban J connectivity index is 1.35. The number of fused-ring (bicyclic) bond motifs is 1. The highest BCUT2D eigenvalue weighted by molar-refractivity contribution is 5.34. The largest absolute Gasteiger partial charge is 0.485 e. The Morgan fingerprint density at radius 1 is 1.19 bits per heavy atom. The molecule has 1 aliphatic rings. The Bertz CT molecular complexity index is 879. The van der Waals surface area contributed by atoms with Crippen molar-refractivity contribution in [2.75, 3.05) is 7.05 Å². The zero-order valence-corrected chi connectivity index (χ0v) is 14.6. The molecule has 1 aromatic heterocycles. The normalized spacial score (nSPS) is 16.0. The van der Waals surface area contributed by atoms with Crippen molar-refractivity contribution in [3.05, 3.63) is 77.2 Å². The van der Waals surface area contributed by atoms with Crippen molar-refractivity contribution in [2.45, 2.75) is 32.0 Å². The molecule has 0 radical (unpaired) electrons. The van der Waals surface area contributed by atoms with Crippen LogP contribution in [0.4, 0.5) is 4.39 Å². The second-order valence-corrected chi connectivity index (χ2v) is 6.52. The maximum absolute atomic E-state index is 12.9. The van der Waals surface area contributed by atoms with E-state index in [9.17, 15) is 4.39 Å². The summed E-state index contributed by atoms with van der Waals surface area (Å²) in [4.78, 5) is 6.63. The first-order valence-corrected chi connectivity index (χ1v) is 8.67. The number of ether oxygens (including phenoxy) is 1. The first kappa shape index (κ1) is 16.7. The van der Waals surface area contributed by atoms with Crippen LogP contribution in [0.2, 0.25) is 0 Å². The van der Waals surface area contributed by atoms with E-state index in [1.54, 1.807) is 12.1 Å². The molecule has 5 nitrogen and oxygen atoms in total. The molecule has 0 spiro atoms. The zero-order chi connectivity index (χ0) is 17.9. The number of hydrogen-bond donors (Lipinski definition) is 0. The average molecular weight is 353 g/mol. The summed E-state index contributed by atoms with van der Waals surface area (Å²) >= 11 is 0. The first-order valence-electron chi connectivity index (χ1n) is 8.67. The van der Waals surface area contributed by atoms with Gasteiger partial charge in [-0.05, 0) is 55.3 Å². The van der Waals surface area contributed by atoms with Crippen molar-refractivity contribution in [2.24, 2.45) is 0 Å². The van der Waals surface area contributed by atoms with Crippen LogP contribution in [-0.4, -0.2) is 22.1 Å². The first-order chi connectivity index (χ1) is 12.7. The summed E-state index contributed by atoms with van der Waals surface area (Å²) in [5, 5.41) is 3.96. The highest BCUT2D eigenvalue weighted by atomic mass is 19.1. The van der Waals surface area contributed by atoms with Crippen LogP contribution in [0.15, 0.2) is 53.1 Å². The minimum absolute atomic E-state index is 0.186. The van der Waals surface area contributed by atoms with Gasteiger partial charge in [-0.2, -0.15) is 4.98 Å². The molecule has 1 aliphatic carbocycles. The number of hydrogen-bond acceptors (Lipinski definition) is 5. The summed E-state index contributed by atoms with van der Waals surface area (Å²) in [6.45, 7) is 0.771. The molecular weight excluding hydrogens is 333 g/mol. The van der Waals surface area contributed by atoms with Gasteiger partial charge >= 0.3 is 0 Å². The van der Waals surface area contributed by atoms with E-state index in [1.807, 2.05) is 0 Å². The van der Waals surface area contributed by atoms with E-state index < -0.39 is 0 Å². The highest BCUT2D eigenvalue weighted by Crippen LogP contribution is 2.35. The van der Waals surface area contributed by atoms with Crippen LogP contribution in [0, 0.1) is 5.82 Å². The van der Waals surface area contributed by atoms with E-state index in [0.29, 0.717) is 30.1 Å². The third kappa shape index (κ3) is 3.60. The Morgan fingerprint density at radius 2 is 2.00 bits per heavy atom. The third-order valence-corrected chi connectivity index (χ3v) is 4.71. The lowest BCUT2D eigenvalue weighted by atomic mass is 10.1. The Morgan fingerprint density at radius 3 is 2.85 bits per heavy atom. The molecule has 1 unspecified atom stereocenters. The van der Waals surface area contributed by atoms with Gasteiger partial charge in [-0.25, -0.2) is 4.39 Å². The minimum atomic E-state index is -0.296. The van der Waals surface area contributed by atoms with Crippen LogP contribution >= 0.6 is 0 Å². The van der Waals surface area contributed by atoms with Crippen molar-refractivity contribution in [1.29, 1.82) is 0 Å². The Hall–Kier alpha value is -2.73. The lowest BCUT2D eigenvalue weighted by Crippen LogP contribution is -2.22. The number of rotatable bonds is 6. The van der Waals surface area contributed by atoms with Crippen LogP contribution in [0.1, 0.15) is 35.3 Å². The summed E-state index contributed by atoms with van der Waals surface area (Å²) in [5.41, 5.74) is 2.80. The molecule has 4 rings (SSSR count). The molecule has 0 saturated carbocycles. The number of benzene rings is 2. The van der Waals surface area contributed by atoms with Gasteiger partial charge in [-0.15, -0.1) is 0 Å². The monoisotopic (exact) mass is 353 g/mol.